The minimum atomic E-state index is 0. The first-order valence-electron chi connectivity index (χ1n) is 5.54. The molecule has 0 fully saturated rings. The van der Waals surface area contributed by atoms with E-state index in [2.05, 4.69) is 19.2 Å². The van der Waals surface area contributed by atoms with Crippen LogP contribution in [0, 0.1) is 5.92 Å². The fourth-order valence-corrected chi connectivity index (χ4v) is 2.17. The summed E-state index contributed by atoms with van der Waals surface area (Å²) in [5.41, 5.74) is 0. The van der Waals surface area contributed by atoms with Crippen molar-refractivity contribution >= 4 is 30.1 Å². The zero-order valence-corrected chi connectivity index (χ0v) is 12.4. The van der Waals surface area contributed by atoms with Gasteiger partial charge in [-0.2, -0.15) is 11.8 Å². The summed E-state index contributed by atoms with van der Waals surface area (Å²) in [6.45, 7) is 6.07. The summed E-state index contributed by atoms with van der Waals surface area (Å²) in [6, 6.07) is 0. The Bertz CT molecular complexity index is 179. The van der Waals surface area contributed by atoms with Gasteiger partial charge < -0.3 is 10.2 Å². The standard InChI is InChI=1S/C11H24N2OS.ClH/c1-10(2)5-8-15-9-11(14)13(4)7-6-12-3;/h10,12H,5-9H2,1-4H3;1H. The molecule has 0 aromatic carbocycles. The van der Waals surface area contributed by atoms with E-state index in [1.165, 1.54) is 6.42 Å². The van der Waals surface area contributed by atoms with Crippen LogP contribution in [0.4, 0.5) is 0 Å². The molecule has 0 aromatic heterocycles. The van der Waals surface area contributed by atoms with Gasteiger partial charge in [0.25, 0.3) is 0 Å². The molecule has 1 amide bonds. The predicted octanol–water partition coefficient (Wildman–Crippen LogP) is 1.87. The molecular weight excluding hydrogens is 244 g/mol. The van der Waals surface area contributed by atoms with Crippen LogP contribution in [-0.2, 0) is 4.79 Å². The summed E-state index contributed by atoms with van der Waals surface area (Å²) >= 11 is 1.74. The molecule has 0 aromatic rings. The van der Waals surface area contributed by atoms with Gasteiger partial charge in [-0.05, 0) is 25.1 Å². The van der Waals surface area contributed by atoms with Gasteiger partial charge in [-0.15, -0.1) is 12.4 Å². The van der Waals surface area contributed by atoms with Crippen LogP contribution in [-0.4, -0.2) is 49.5 Å². The van der Waals surface area contributed by atoms with Crippen molar-refractivity contribution < 1.29 is 4.79 Å². The second kappa shape index (κ2) is 11.6. The molecule has 1 N–H and O–H groups in total. The summed E-state index contributed by atoms with van der Waals surface area (Å²) < 4.78 is 0. The molecule has 16 heavy (non-hydrogen) atoms. The summed E-state index contributed by atoms with van der Waals surface area (Å²) in [4.78, 5) is 13.4. The molecule has 0 spiro atoms. The van der Waals surface area contributed by atoms with Crippen LogP contribution in [0.1, 0.15) is 20.3 Å². The molecule has 0 aliphatic carbocycles. The molecule has 0 aliphatic heterocycles. The number of amides is 1. The van der Waals surface area contributed by atoms with Crippen molar-refractivity contribution in [1.29, 1.82) is 0 Å². The van der Waals surface area contributed by atoms with Crippen molar-refractivity contribution in [3.8, 4) is 0 Å². The topological polar surface area (TPSA) is 32.3 Å². The third kappa shape index (κ3) is 10.6. The molecule has 0 heterocycles. The minimum Gasteiger partial charge on any atom is -0.344 e. The van der Waals surface area contributed by atoms with Crippen LogP contribution in [0.2, 0.25) is 0 Å². The number of nitrogens with zero attached hydrogens (tertiary/aromatic N) is 1. The van der Waals surface area contributed by atoms with E-state index in [4.69, 9.17) is 0 Å². The molecule has 98 valence electrons. The molecule has 0 radical (unpaired) electrons. The van der Waals surface area contributed by atoms with Gasteiger partial charge in [-0.3, -0.25) is 4.79 Å². The van der Waals surface area contributed by atoms with E-state index in [0.29, 0.717) is 5.75 Å². The van der Waals surface area contributed by atoms with Gasteiger partial charge in [0.15, 0.2) is 0 Å². The molecule has 5 heteroatoms. The summed E-state index contributed by atoms with van der Waals surface area (Å²) in [5.74, 6) is 2.67. The minimum absolute atomic E-state index is 0. The van der Waals surface area contributed by atoms with Crippen LogP contribution in [0.15, 0.2) is 0 Å². The maximum Gasteiger partial charge on any atom is 0.232 e. The number of nitrogens with one attached hydrogen (secondary N) is 1. The lowest BCUT2D eigenvalue weighted by molar-refractivity contribution is -0.127. The van der Waals surface area contributed by atoms with Crippen molar-refractivity contribution in [3.63, 3.8) is 0 Å². The maximum atomic E-state index is 11.6. The number of halogens is 1. The predicted molar refractivity (Wildman–Crippen MR) is 75.6 cm³/mol. The van der Waals surface area contributed by atoms with Crippen LogP contribution in [0.5, 0.6) is 0 Å². The third-order valence-corrected chi connectivity index (χ3v) is 3.16. The second-order valence-corrected chi connectivity index (χ2v) is 5.26. The van der Waals surface area contributed by atoms with E-state index in [9.17, 15) is 4.79 Å². The van der Waals surface area contributed by atoms with Crippen LogP contribution < -0.4 is 5.32 Å². The Morgan fingerprint density at radius 3 is 2.56 bits per heavy atom. The Kier molecular flexibility index (Phi) is 13.3. The van der Waals surface area contributed by atoms with Crippen molar-refractivity contribution in [1.82, 2.24) is 10.2 Å². The lowest BCUT2D eigenvalue weighted by atomic mass is 10.2. The van der Waals surface area contributed by atoms with Crippen LogP contribution in [0.25, 0.3) is 0 Å². The highest BCUT2D eigenvalue weighted by Crippen LogP contribution is 2.09. The van der Waals surface area contributed by atoms with Crippen LogP contribution in [0.3, 0.4) is 0 Å². The van der Waals surface area contributed by atoms with E-state index in [-0.39, 0.29) is 18.3 Å². The van der Waals surface area contributed by atoms with Gasteiger partial charge in [0.1, 0.15) is 0 Å². The highest BCUT2D eigenvalue weighted by Gasteiger charge is 2.07. The Morgan fingerprint density at radius 1 is 1.44 bits per heavy atom. The number of carbonyl (C=O) groups is 1. The first-order valence-corrected chi connectivity index (χ1v) is 6.69. The molecule has 0 saturated carbocycles. The quantitative estimate of drug-likeness (QED) is 0.682. The molecule has 0 rings (SSSR count). The van der Waals surface area contributed by atoms with E-state index >= 15 is 0 Å². The Morgan fingerprint density at radius 2 is 2.06 bits per heavy atom. The van der Waals surface area contributed by atoms with E-state index in [0.717, 1.165) is 24.8 Å². The molecule has 3 nitrogen and oxygen atoms in total. The number of hydrogen-bond donors (Lipinski definition) is 1. The van der Waals surface area contributed by atoms with E-state index in [1.54, 1.807) is 16.7 Å². The van der Waals surface area contributed by atoms with E-state index in [1.807, 2.05) is 14.1 Å². The van der Waals surface area contributed by atoms with Crippen molar-refractivity contribution in [3.05, 3.63) is 0 Å². The second-order valence-electron chi connectivity index (χ2n) is 4.15. The average Bonchev–Trinajstić information content (AvgIpc) is 2.20. The SMILES string of the molecule is CNCCN(C)C(=O)CSCCC(C)C.Cl. The van der Waals surface area contributed by atoms with Crippen molar-refractivity contribution in [2.24, 2.45) is 5.92 Å². The average molecular weight is 269 g/mol. The largest absolute Gasteiger partial charge is 0.344 e. The highest BCUT2D eigenvalue weighted by molar-refractivity contribution is 7.99. The molecule has 0 aliphatic rings. The zero-order valence-electron chi connectivity index (χ0n) is 10.8. The number of hydrogen-bond acceptors (Lipinski definition) is 3. The smallest absolute Gasteiger partial charge is 0.232 e. The highest BCUT2D eigenvalue weighted by atomic mass is 35.5. The fraction of sp³-hybridized carbons (Fsp3) is 0.909. The summed E-state index contributed by atoms with van der Waals surface area (Å²) in [5, 5.41) is 3.03. The van der Waals surface area contributed by atoms with Gasteiger partial charge in [-0.1, -0.05) is 13.8 Å². The normalized spacial score (nSPS) is 10.1. The van der Waals surface area contributed by atoms with Gasteiger partial charge in [-0.25, -0.2) is 0 Å². The Labute approximate surface area is 110 Å². The summed E-state index contributed by atoms with van der Waals surface area (Å²) in [6.07, 6.45) is 1.19. The number of carbonyl (C=O) groups excluding carboxylic acids is 1. The first kappa shape index (κ1) is 18.4. The van der Waals surface area contributed by atoms with Gasteiger partial charge in [0, 0.05) is 20.1 Å². The third-order valence-electron chi connectivity index (χ3n) is 2.19. The maximum absolute atomic E-state index is 11.6. The van der Waals surface area contributed by atoms with Gasteiger partial charge in [0.05, 0.1) is 5.75 Å². The van der Waals surface area contributed by atoms with Crippen molar-refractivity contribution in [2.75, 3.05) is 38.7 Å². The first-order chi connectivity index (χ1) is 7.07. The molecule has 0 atom stereocenters. The monoisotopic (exact) mass is 268 g/mol. The van der Waals surface area contributed by atoms with Gasteiger partial charge >= 0.3 is 0 Å². The fourth-order valence-electron chi connectivity index (χ4n) is 0.993. The molecule has 0 bridgehead atoms. The van der Waals surface area contributed by atoms with Crippen LogP contribution >= 0.6 is 24.2 Å². The summed E-state index contributed by atoms with van der Waals surface area (Å²) in [7, 11) is 3.76. The molecule has 0 unspecified atom stereocenters. The Balaban J connectivity index is 0. The Hall–Kier alpha value is 0.0700. The molecule has 0 saturated heterocycles. The lowest BCUT2D eigenvalue weighted by Crippen LogP contribution is -2.33. The lowest BCUT2D eigenvalue weighted by Gasteiger charge is -2.16. The number of thioether (sulfide) groups is 1. The van der Waals surface area contributed by atoms with Crippen molar-refractivity contribution in [2.45, 2.75) is 20.3 Å². The molecular formula is C11H25ClN2OS. The zero-order chi connectivity index (χ0) is 11.7. The van der Waals surface area contributed by atoms with E-state index < -0.39 is 0 Å². The number of likely N-dealkylation sites (N-methyl/N-ethyl adjacent to an activating group) is 2. The van der Waals surface area contributed by atoms with Gasteiger partial charge in [0.2, 0.25) is 5.91 Å². The number of rotatable bonds is 8.